The van der Waals surface area contributed by atoms with Crippen molar-refractivity contribution in [1.29, 1.82) is 0 Å². The van der Waals surface area contributed by atoms with Crippen LogP contribution in [0.25, 0.3) is 28.2 Å². The highest BCUT2D eigenvalue weighted by Gasteiger charge is 2.34. The van der Waals surface area contributed by atoms with Crippen LogP contribution in [0.15, 0.2) is 60.7 Å². The summed E-state index contributed by atoms with van der Waals surface area (Å²) in [6.45, 7) is 0. The number of aromatic carboxylic acids is 1. The van der Waals surface area contributed by atoms with Crippen molar-refractivity contribution in [2.24, 2.45) is 5.73 Å². The minimum absolute atomic E-state index is 0.115. The fourth-order valence-corrected chi connectivity index (χ4v) is 4.11. The average molecular weight is 414 g/mol. The van der Waals surface area contributed by atoms with Crippen LogP contribution in [0.3, 0.4) is 0 Å². The molecule has 0 bridgehead atoms. The Balaban J connectivity index is 1.75. The van der Waals surface area contributed by atoms with Crippen LogP contribution in [-0.2, 0) is 5.54 Å². The molecule has 4 aromatic rings. The van der Waals surface area contributed by atoms with Gasteiger partial charge in [-0.2, -0.15) is 5.10 Å². The highest BCUT2D eigenvalue weighted by molar-refractivity contribution is 5.88. The monoisotopic (exact) mass is 414 g/mol. The predicted octanol–water partition coefficient (Wildman–Crippen LogP) is 4.11. The number of rotatable bonds is 5. The molecule has 0 unspecified atom stereocenters. The number of benzene rings is 2. The number of carboxylic acids is 1. The minimum Gasteiger partial charge on any atom is -0.493 e. The Morgan fingerprint density at radius 2 is 1.81 bits per heavy atom. The van der Waals surface area contributed by atoms with Crippen molar-refractivity contribution in [2.45, 2.75) is 24.8 Å². The summed E-state index contributed by atoms with van der Waals surface area (Å²) in [5.74, 6) is -0.782. The number of carboxylic acid groups (broad SMARTS) is 1. The van der Waals surface area contributed by atoms with Gasteiger partial charge in [0.2, 0.25) is 0 Å². The molecule has 156 valence electrons. The molecule has 7 heteroatoms. The average Bonchev–Trinajstić information content (AvgIpc) is 3.17. The van der Waals surface area contributed by atoms with Crippen molar-refractivity contribution in [3.05, 3.63) is 71.9 Å². The van der Waals surface area contributed by atoms with E-state index in [4.69, 9.17) is 15.5 Å². The number of nitrogens with zero attached hydrogens (tertiary/aromatic N) is 3. The summed E-state index contributed by atoms with van der Waals surface area (Å²) in [6.07, 6.45) is 3.14. The second kappa shape index (κ2) is 7.21. The van der Waals surface area contributed by atoms with E-state index in [-0.39, 0.29) is 11.2 Å². The van der Waals surface area contributed by atoms with E-state index in [1.54, 1.807) is 4.52 Å². The number of fused-ring (bicyclic) bond motifs is 1. The van der Waals surface area contributed by atoms with Crippen molar-refractivity contribution in [2.75, 3.05) is 7.11 Å². The topological polar surface area (TPSA) is 103 Å². The van der Waals surface area contributed by atoms with Gasteiger partial charge in [-0.15, -0.1) is 0 Å². The molecule has 0 aliphatic heterocycles. The van der Waals surface area contributed by atoms with Crippen LogP contribution in [0, 0.1) is 0 Å². The Morgan fingerprint density at radius 1 is 1.10 bits per heavy atom. The molecular weight excluding hydrogens is 392 g/mol. The molecule has 2 heterocycles. The summed E-state index contributed by atoms with van der Waals surface area (Å²) in [7, 11) is 1.49. The Hall–Kier alpha value is -3.71. The summed E-state index contributed by atoms with van der Waals surface area (Å²) >= 11 is 0. The van der Waals surface area contributed by atoms with Crippen molar-refractivity contribution < 1.29 is 14.6 Å². The summed E-state index contributed by atoms with van der Waals surface area (Å²) in [6, 6.07) is 19.2. The van der Waals surface area contributed by atoms with Crippen molar-refractivity contribution in [3.63, 3.8) is 0 Å². The third kappa shape index (κ3) is 3.14. The summed E-state index contributed by atoms with van der Waals surface area (Å²) < 4.78 is 6.99. The maximum atomic E-state index is 11.6. The summed E-state index contributed by atoms with van der Waals surface area (Å²) in [4.78, 5) is 16.4. The quantitative estimate of drug-likeness (QED) is 0.509. The Labute approximate surface area is 179 Å². The number of ether oxygens (including phenoxy) is 1. The Bertz CT molecular complexity index is 1280. The highest BCUT2D eigenvalue weighted by atomic mass is 16.5. The molecule has 0 atom stereocenters. The smallest absolute Gasteiger partial charge is 0.356 e. The first-order valence-electron chi connectivity index (χ1n) is 10.2. The number of nitrogens with two attached hydrogens (primary N) is 1. The van der Waals surface area contributed by atoms with E-state index in [1.807, 2.05) is 42.5 Å². The van der Waals surface area contributed by atoms with Gasteiger partial charge in [-0.1, -0.05) is 54.6 Å². The zero-order chi connectivity index (χ0) is 21.6. The van der Waals surface area contributed by atoms with Gasteiger partial charge in [0.25, 0.3) is 0 Å². The van der Waals surface area contributed by atoms with Gasteiger partial charge >= 0.3 is 5.97 Å². The number of carbonyl (C=O) groups is 1. The summed E-state index contributed by atoms with van der Waals surface area (Å²) in [5, 5.41) is 13.9. The normalized spacial score (nSPS) is 14.9. The van der Waals surface area contributed by atoms with Crippen molar-refractivity contribution in [3.8, 4) is 28.3 Å². The van der Waals surface area contributed by atoms with Gasteiger partial charge in [-0.3, -0.25) is 0 Å². The largest absolute Gasteiger partial charge is 0.493 e. The summed E-state index contributed by atoms with van der Waals surface area (Å²) in [5.41, 5.74) is 10.9. The fourth-order valence-electron chi connectivity index (χ4n) is 4.11. The molecule has 0 spiro atoms. The molecule has 1 aliphatic rings. The van der Waals surface area contributed by atoms with Gasteiger partial charge in [-0.25, -0.2) is 14.3 Å². The van der Waals surface area contributed by atoms with E-state index in [1.165, 1.54) is 13.2 Å². The van der Waals surface area contributed by atoms with Crippen LogP contribution >= 0.6 is 0 Å². The lowest BCUT2D eigenvalue weighted by atomic mass is 9.72. The van der Waals surface area contributed by atoms with Gasteiger partial charge in [-0.05, 0) is 24.8 Å². The predicted molar refractivity (Wildman–Crippen MR) is 117 cm³/mol. The molecule has 1 fully saturated rings. The number of hydrogen-bond donors (Lipinski definition) is 2. The van der Waals surface area contributed by atoms with E-state index >= 15 is 0 Å². The third-order valence-corrected chi connectivity index (χ3v) is 6.02. The fraction of sp³-hybridized carbons (Fsp3) is 0.208. The van der Waals surface area contributed by atoms with Gasteiger partial charge in [0.05, 0.1) is 12.8 Å². The Kier molecular flexibility index (Phi) is 4.48. The van der Waals surface area contributed by atoms with Crippen LogP contribution in [0.1, 0.15) is 35.3 Å². The lowest BCUT2D eigenvalue weighted by Crippen LogP contribution is -2.43. The van der Waals surface area contributed by atoms with Gasteiger partial charge in [0.15, 0.2) is 17.1 Å². The third-order valence-electron chi connectivity index (χ3n) is 6.02. The highest BCUT2D eigenvalue weighted by Crippen LogP contribution is 2.40. The molecule has 2 aromatic heterocycles. The number of aromatic nitrogens is 3. The van der Waals surface area contributed by atoms with Crippen LogP contribution in [0.2, 0.25) is 0 Å². The molecule has 3 N–H and O–H groups in total. The maximum absolute atomic E-state index is 11.6. The van der Waals surface area contributed by atoms with E-state index in [9.17, 15) is 9.90 Å². The molecule has 31 heavy (non-hydrogen) atoms. The molecule has 5 rings (SSSR count). The lowest BCUT2D eigenvalue weighted by molar-refractivity contribution is 0.0688. The van der Waals surface area contributed by atoms with Crippen molar-refractivity contribution >= 4 is 11.6 Å². The second-order valence-corrected chi connectivity index (χ2v) is 7.90. The molecule has 7 nitrogen and oxygen atoms in total. The maximum Gasteiger partial charge on any atom is 0.356 e. The van der Waals surface area contributed by atoms with Gasteiger partial charge in [0, 0.05) is 22.7 Å². The zero-order valence-electron chi connectivity index (χ0n) is 17.1. The lowest BCUT2D eigenvalue weighted by Gasteiger charge is -2.38. The number of methoxy groups -OCH3 is 1. The van der Waals surface area contributed by atoms with E-state index in [0.717, 1.165) is 36.0 Å². The first kappa shape index (κ1) is 19.3. The molecule has 1 saturated carbocycles. The number of hydrogen-bond acceptors (Lipinski definition) is 5. The van der Waals surface area contributed by atoms with Crippen LogP contribution in [-0.4, -0.2) is 32.8 Å². The molecular formula is C24H22N4O3. The SMILES string of the molecule is COc1cc(C(=O)O)nn2c(-c3ccccc3)c(-c3ccc(C4(N)CCC4)cc3)nc12. The van der Waals surface area contributed by atoms with Crippen LogP contribution in [0.4, 0.5) is 0 Å². The standard InChI is InChI=1S/C24H22N4O3/c1-31-19-14-18(23(29)30)27-28-21(16-6-3-2-4-7-16)20(26-22(19)28)15-8-10-17(11-9-15)24(25)12-5-13-24/h2-4,6-11,14H,5,12-13,25H2,1H3,(H,29,30). The second-order valence-electron chi connectivity index (χ2n) is 7.90. The Morgan fingerprint density at radius 3 is 2.39 bits per heavy atom. The molecule has 0 radical (unpaired) electrons. The molecule has 0 amide bonds. The molecule has 2 aromatic carbocycles. The minimum atomic E-state index is -1.13. The van der Waals surface area contributed by atoms with E-state index in [0.29, 0.717) is 22.8 Å². The number of imidazole rings is 1. The van der Waals surface area contributed by atoms with Crippen molar-refractivity contribution in [1.82, 2.24) is 14.6 Å². The first-order valence-corrected chi connectivity index (χ1v) is 10.2. The first-order chi connectivity index (χ1) is 15.0. The van der Waals surface area contributed by atoms with Crippen LogP contribution < -0.4 is 10.5 Å². The molecule has 1 aliphatic carbocycles. The zero-order valence-corrected chi connectivity index (χ0v) is 17.1. The van der Waals surface area contributed by atoms with Gasteiger partial charge < -0.3 is 15.6 Å². The van der Waals surface area contributed by atoms with E-state index in [2.05, 4.69) is 17.2 Å². The van der Waals surface area contributed by atoms with E-state index < -0.39 is 5.97 Å². The molecule has 0 saturated heterocycles. The van der Waals surface area contributed by atoms with Crippen LogP contribution in [0.5, 0.6) is 5.75 Å². The van der Waals surface area contributed by atoms with Gasteiger partial charge in [0.1, 0.15) is 5.69 Å².